The van der Waals surface area contributed by atoms with Crippen molar-refractivity contribution in [3.05, 3.63) is 57.9 Å². The molecule has 1 aromatic carbocycles. The summed E-state index contributed by atoms with van der Waals surface area (Å²) < 4.78 is 0. The SMILES string of the molecule is Cc1cc(C(=O)N2CCN(C(=O)Cc3ccc4c(c3)CCC4)CC2)c(C)[nH]1. The zero-order chi connectivity index (χ0) is 19.0. The van der Waals surface area contributed by atoms with E-state index in [1.807, 2.05) is 29.7 Å². The molecule has 0 saturated carbocycles. The number of fused-ring (bicyclic) bond motifs is 1. The van der Waals surface area contributed by atoms with E-state index in [4.69, 9.17) is 0 Å². The summed E-state index contributed by atoms with van der Waals surface area (Å²) in [7, 11) is 0. The summed E-state index contributed by atoms with van der Waals surface area (Å²) in [6.07, 6.45) is 3.98. The first-order valence-corrected chi connectivity index (χ1v) is 9.85. The predicted octanol–water partition coefficient (Wildman–Crippen LogP) is 2.65. The van der Waals surface area contributed by atoms with Crippen LogP contribution in [0.1, 0.15) is 44.9 Å². The number of aryl methyl sites for hydroxylation is 4. The second-order valence-corrected chi connectivity index (χ2v) is 7.80. The lowest BCUT2D eigenvalue weighted by Crippen LogP contribution is -2.51. The Hall–Kier alpha value is -2.56. The average Bonchev–Trinajstić information content (AvgIpc) is 3.26. The summed E-state index contributed by atoms with van der Waals surface area (Å²) in [5.74, 6) is 0.219. The molecule has 142 valence electrons. The first-order valence-electron chi connectivity index (χ1n) is 9.85. The molecule has 2 heterocycles. The van der Waals surface area contributed by atoms with E-state index in [1.54, 1.807) is 0 Å². The van der Waals surface area contributed by atoms with Gasteiger partial charge in [0.05, 0.1) is 12.0 Å². The number of rotatable bonds is 3. The number of hydrogen-bond donors (Lipinski definition) is 1. The molecule has 2 aliphatic rings. The van der Waals surface area contributed by atoms with Gasteiger partial charge < -0.3 is 14.8 Å². The molecular weight excluding hydrogens is 338 g/mol. The van der Waals surface area contributed by atoms with Crippen LogP contribution >= 0.6 is 0 Å². The van der Waals surface area contributed by atoms with Gasteiger partial charge in [0.15, 0.2) is 0 Å². The molecule has 1 saturated heterocycles. The molecule has 2 aromatic rings. The van der Waals surface area contributed by atoms with E-state index >= 15 is 0 Å². The Morgan fingerprint density at radius 3 is 2.37 bits per heavy atom. The van der Waals surface area contributed by atoms with E-state index in [1.165, 1.54) is 24.0 Å². The van der Waals surface area contributed by atoms with Gasteiger partial charge in [-0.05, 0) is 55.9 Å². The number of aromatic nitrogens is 1. The van der Waals surface area contributed by atoms with Crippen LogP contribution in [0.5, 0.6) is 0 Å². The van der Waals surface area contributed by atoms with E-state index in [0.29, 0.717) is 32.6 Å². The van der Waals surface area contributed by atoms with E-state index in [-0.39, 0.29) is 11.8 Å². The van der Waals surface area contributed by atoms with Crippen molar-refractivity contribution in [3.8, 4) is 0 Å². The first-order chi connectivity index (χ1) is 13.0. The maximum Gasteiger partial charge on any atom is 0.255 e. The number of benzene rings is 1. The molecule has 0 atom stereocenters. The monoisotopic (exact) mass is 365 g/mol. The summed E-state index contributed by atoms with van der Waals surface area (Å²) in [4.78, 5) is 32.3. The largest absolute Gasteiger partial charge is 0.362 e. The zero-order valence-electron chi connectivity index (χ0n) is 16.2. The summed E-state index contributed by atoms with van der Waals surface area (Å²) in [6, 6.07) is 8.39. The molecule has 0 unspecified atom stereocenters. The second kappa shape index (κ2) is 7.22. The number of amides is 2. The molecule has 1 fully saturated rings. The van der Waals surface area contributed by atoms with Gasteiger partial charge >= 0.3 is 0 Å². The number of nitrogens with one attached hydrogen (secondary N) is 1. The Balaban J connectivity index is 1.34. The van der Waals surface area contributed by atoms with Crippen LogP contribution in [-0.2, 0) is 24.1 Å². The average molecular weight is 365 g/mol. The van der Waals surface area contributed by atoms with Crippen LogP contribution in [0.4, 0.5) is 0 Å². The maximum absolute atomic E-state index is 12.7. The van der Waals surface area contributed by atoms with Crippen LogP contribution in [0.3, 0.4) is 0 Å². The lowest BCUT2D eigenvalue weighted by Gasteiger charge is -2.35. The van der Waals surface area contributed by atoms with Crippen molar-refractivity contribution in [2.24, 2.45) is 0 Å². The number of hydrogen-bond acceptors (Lipinski definition) is 2. The highest BCUT2D eigenvalue weighted by atomic mass is 16.2. The van der Waals surface area contributed by atoms with Crippen LogP contribution in [0, 0.1) is 13.8 Å². The first kappa shape index (κ1) is 17.8. The number of carbonyl (C=O) groups excluding carboxylic acids is 2. The molecule has 0 bridgehead atoms. The predicted molar refractivity (Wildman–Crippen MR) is 105 cm³/mol. The van der Waals surface area contributed by atoms with Crippen molar-refractivity contribution in [2.75, 3.05) is 26.2 Å². The van der Waals surface area contributed by atoms with Crippen molar-refractivity contribution < 1.29 is 9.59 Å². The van der Waals surface area contributed by atoms with Gasteiger partial charge in [-0.25, -0.2) is 0 Å². The fraction of sp³-hybridized carbons (Fsp3) is 0.455. The van der Waals surface area contributed by atoms with E-state index in [2.05, 4.69) is 23.2 Å². The van der Waals surface area contributed by atoms with Gasteiger partial charge in [0.25, 0.3) is 5.91 Å². The van der Waals surface area contributed by atoms with Crippen LogP contribution in [0.15, 0.2) is 24.3 Å². The van der Waals surface area contributed by atoms with Gasteiger partial charge in [-0.2, -0.15) is 0 Å². The number of H-pyrrole nitrogens is 1. The minimum absolute atomic E-state index is 0.0579. The van der Waals surface area contributed by atoms with Gasteiger partial charge in [0.2, 0.25) is 5.91 Å². The highest BCUT2D eigenvalue weighted by molar-refractivity contribution is 5.95. The number of aromatic amines is 1. The third kappa shape index (κ3) is 3.64. The minimum Gasteiger partial charge on any atom is -0.362 e. The fourth-order valence-electron chi connectivity index (χ4n) is 4.30. The van der Waals surface area contributed by atoms with Crippen molar-refractivity contribution in [1.82, 2.24) is 14.8 Å². The van der Waals surface area contributed by atoms with Crippen LogP contribution in [0.2, 0.25) is 0 Å². The molecule has 1 N–H and O–H groups in total. The third-order valence-electron chi connectivity index (χ3n) is 5.82. The molecule has 27 heavy (non-hydrogen) atoms. The van der Waals surface area contributed by atoms with Crippen LogP contribution in [0.25, 0.3) is 0 Å². The molecule has 0 radical (unpaired) electrons. The standard InChI is InChI=1S/C22H27N3O2/c1-15-12-20(16(2)23-15)22(27)25-10-8-24(9-11-25)21(26)14-17-6-7-18-4-3-5-19(18)13-17/h6-7,12-13,23H,3-5,8-11,14H2,1-2H3. The minimum atomic E-state index is 0.0579. The molecule has 1 aliphatic carbocycles. The smallest absolute Gasteiger partial charge is 0.255 e. The quantitative estimate of drug-likeness (QED) is 0.909. The van der Waals surface area contributed by atoms with Gasteiger partial charge in [-0.3, -0.25) is 9.59 Å². The molecule has 2 amide bonds. The molecule has 0 spiro atoms. The van der Waals surface area contributed by atoms with E-state index in [9.17, 15) is 9.59 Å². The Morgan fingerprint density at radius 2 is 1.67 bits per heavy atom. The van der Waals surface area contributed by atoms with Crippen molar-refractivity contribution >= 4 is 11.8 Å². The second-order valence-electron chi connectivity index (χ2n) is 7.80. The molecule has 4 rings (SSSR count). The Labute approximate surface area is 160 Å². The van der Waals surface area contributed by atoms with Gasteiger partial charge in [-0.1, -0.05) is 18.2 Å². The summed E-state index contributed by atoms with van der Waals surface area (Å²) in [5, 5.41) is 0. The number of piperazine rings is 1. The maximum atomic E-state index is 12.7. The van der Waals surface area contributed by atoms with E-state index < -0.39 is 0 Å². The van der Waals surface area contributed by atoms with Gasteiger partial charge in [0.1, 0.15) is 0 Å². The lowest BCUT2D eigenvalue weighted by molar-refractivity contribution is -0.131. The molecule has 1 aliphatic heterocycles. The van der Waals surface area contributed by atoms with E-state index in [0.717, 1.165) is 28.9 Å². The molecular formula is C22H27N3O2. The molecule has 5 nitrogen and oxygen atoms in total. The van der Waals surface area contributed by atoms with Gasteiger partial charge in [0, 0.05) is 37.6 Å². The summed E-state index contributed by atoms with van der Waals surface area (Å²) in [6.45, 7) is 6.29. The third-order valence-corrected chi connectivity index (χ3v) is 5.82. The van der Waals surface area contributed by atoms with Crippen molar-refractivity contribution in [1.29, 1.82) is 0 Å². The number of carbonyl (C=O) groups is 2. The van der Waals surface area contributed by atoms with Crippen LogP contribution < -0.4 is 0 Å². The summed E-state index contributed by atoms with van der Waals surface area (Å²) in [5.41, 5.74) is 6.61. The topological polar surface area (TPSA) is 56.4 Å². The number of nitrogens with zero attached hydrogens (tertiary/aromatic N) is 2. The molecule has 5 heteroatoms. The summed E-state index contributed by atoms with van der Waals surface area (Å²) >= 11 is 0. The Morgan fingerprint density at radius 1 is 0.963 bits per heavy atom. The highest BCUT2D eigenvalue weighted by Crippen LogP contribution is 2.23. The van der Waals surface area contributed by atoms with Crippen molar-refractivity contribution in [2.45, 2.75) is 39.5 Å². The van der Waals surface area contributed by atoms with Gasteiger partial charge in [-0.15, -0.1) is 0 Å². The Kier molecular flexibility index (Phi) is 4.77. The van der Waals surface area contributed by atoms with Crippen LogP contribution in [-0.4, -0.2) is 52.8 Å². The molecule has 1 aromatic heterocycles. The highest BCUT2D eigenvalue weighted by Gasteiger charge is 2.26. The lowest BCUT2D eigenvalue weighted by atomic mass is 10.0. The van der Waals surface area contributed by atoms with Crippen molar-refractivity contribution in [3.63, 3.8) is 0 Å². The normalized spacial score (nSPS) is 16.5. The Bertz CT molecular complexity index is 876. The fourth-order valence-corrected chi connectivity index (χ4v) is 4.30. The zero-order valence-corrected chi connectivity index (χ0v) is 16.2.